The Morgan fingerprint density at radius 1 is 0.808 bits per heavy atom. The Morgan fingerprint density at radius 2 is 1.54 bits per heavy atom. The number of ether oxygens (including phenoxy) is 2. The highest BCUT2D eigenvalue weighted by atomic mass is 19.1. The van der Waals surface area contributed by atoms with E-state index >= 15 is 0 Å². The fourth-order valence-corrected chi connectivity index (χ4v) is 2.63. The summed E-state index contributed by atoms with van der Waals surface area (Å²) < 4.78 is 25.0. The third-order valence-corrected chi connectivity index (χ3v) is 3.96. The van der Waals surface area contributed by atoms with Gasteiger partial charge >= 0.3 is 0 Å². The normalized spacial score (nSPS) is 10.7. The van der Waals surface area contributed by atoms with Crippen molar-refractivity contribution in [1.82, 2.24) is 9.97 Å². The number of methoxy groups -OCH3 is 1. The number of para-hydroxylation sites is 2. The van der Waals surface area contributed by atoms with Crippen molar-refractivity contribution in [3.05, 3.63) is 78.6 Å². The van der Waals surface area contributed by atoms with Gasteiger partial charge in [0.15, 0.2) is 17.4 Å². The highest BCUT2D eigenvalue weighted by Gasteiger charge is 2.13. The van der Waals surface area contributed by atoms with Crippen molar-refractivity contribution in [2.24, 2.45) is 0 Å². The van der Waals surface area contributed by atoms with Crippen molar-refractivity contribution in [3.8, 4) is 28.8 Å². The predicted molar refractivity (Wildman–Crippen MR) is 98.0 cm³/mol. The first kappa shape index (κ1) is 16.0. The molecule has 0 saturated heterocycles. The van der Waals surface area contributed by atoms with Crippen LogP contribution in [-0.2, 0) is 0 Å². The second-order valence-corrected chi connectivity index (χ2v) is 5.63. The van der Waals surface area contributed by atoms with Gasteiger partial charge in [0.1, 0.15) is 5.75 Å². The molecule has 5 heteroatoms. The number of benzene rings is 3. The van der Waals surface area contributed by atoms with Crippen LogP contribution in [0.25, 0.3) is 22.3 Å². The summed E-state index contributed by atoms with van der Waals surface area (Å²) in [6, 6.07) is 21.1. The molecule has 0 aliphatic carbocycles. The molecule has 0 aliphatic rings. The molecule has 0 bridgehead atoms. The molecule has 0 unspecified atom stereocenters. The molecule has 0 spiro atoms. The molecule has 4 rings (SSSR count). The van der Waals surface area contributed by atoms with Crippen LogP contribution in [0, 0.1) is 5.82 Å². The summed E-state index contributed by atoms with van der Waals surface area (Å²) in [6.07, 6.45) is 0. The van der Waals surface area contributed by atoms with Gasteiger partial charge in [-0.05, 0) is 48.5 Å². The van der Waals surface area contributed by atoms with Crippen LogP contribution in [0.2, 0.25) is 0 Å². The van der Waals surface area contributed by atoms with Crippen LogP contribution < -0.4 is 9.47 Å². The summed E-state index contributed by atoms with van der Waals surface area (Å²) in [5.41, 5.74) is 1.54. The van der Waals surface area contributed by atoms with Gasteiger partial charge in [-0.15, -0.1) is 0 Å². The molecule has 4 aromatic rings. The lowest BCUT2D eigenvalue weighted by Gasteiger charge is -2.11. The minimum Gasteiger partial charge on any atom is -0.497 e. The van der Waals surface area contributed by atoms with Crippen molar-refractivity contribution in [3.63, 3.8) is 0 Å². The van der Waals surface area contributed by atoms with Gasteiger partial charge in [0.2, 0.25) is 5.88 Å². The Balaban J connectivity index is 1.84. The van der Waals surface area contributed by atoms with Crippen molar-refractivity contribution < 1.29 is 13.9 Å². The van der Waals surface area contributed by atoms with Crippen LogP contribution >= 0.6 is 0 Å². The standard InChI is InChI=1S/C21H15FN2O2/c1-25-15-12-10-14(11-13-15)20-23-18-8-4-2-6-16(18)21(24-20)26-19-9-5-3-7-17(19)22/h2-13H,1H3. The van der Waals surface area contributed by atoms with Crippen LogP contribution in [0.4, 0.5) is 4.39 Å². The van der Waals surface area contributed by atoms with Crippen LogP contribution in [0.1, 0.15) is 0 Å². The molecule has 4 nitrogen and oxygen atoms in total. The smallest absolute Gasteiger partial charge is 0.230 e. The molecule has 128 valence electrons. The van der Waals surface area contributed by atoms with E-state index in [9.17, 15) is 4.39 Å². The molecular formula is C21H15FN2O2. The monoisotopic (exact) mass is 346 g/mol. The Kier molecular flexibility index (Phi) is 4.19. The first-order chi connectivity index (χ1) is 12.7. The lowest BCUT2D eigenvalue weighted by molar-refractivity contribution is 0.415. The molecule has 0 fully saturated rings. The minimum absolute atomic E-state index is 0.122. The van der Waals surface area contributed by atoms with Gasteiger partial charge in [0.25, 0.3) is 0 Å². The van der Waals surface area contributed by atoms with E-state index in [1.54, 1.807) is 25.3 Å². The van der Waals surface area contributed by atoms with Crippen LogP contribution in [0.15, 0.2) is 72.8 Å². The maximum absolute atomic E-state index is 14.0. The molecular weight excluding hydrogens is 331 g/mol. The van der Waals surface area contributed by atoms with E-state index < -0.39 is 5.82 Å². The van der Waals surface area contributed by atoms with Gasteiger partial charge in [0, 0.05) is 5.56 Å². The van der Waals surface area contributed by atoms with E-state index in [1.807, 2.05) is 48.5 Å². The Hall–Kier alpha value is -3.47. The van der Waals surface area contributed by atoms with Crippen LogP contribution in [-0.4, -0.2) is 17.1 Å². The molecule has 3 aromatic carbocycles. The van der Waals surface area contributed by atoms with Crippen LogP contribution in [0.3, 0.4) is 0 Å². The number of fused-ring (bicyclic) bond motifs is 1. The Labute approximate surface area is 149 Å². The van der Waals surface area contributed by atoms with Gasteiger partial charge < -0.3 is 9.47 Å². The highest BCUT2D eigenvalue weighted by molar-refractivity contribution is 5.85. The van der Waals surface area contributed by atoms with E-state index in [4.69, 9.17) is 9.47 Å². The molecule has 0 radical (unpaired) electrons. The largest absolute Gasteiger partial charge is 0.497 e. The maximum Gasteiger partial charge on any atom is 0.230 e. The Bertz CT molecular complexity index is 1070. The first-order valence-corrected chi connectivity index (χ1v) is 8.08. The highest BCUT2D eigenvalue weighted by Crippen LogP contribution is 2.31. The molecule has 0 N–H and O–H groups in total. The van der Waals surface area contributed by atoms with Gasteiger partial charge in [-0.1, -0.05) is 24.3 Å². The van der Waals surface area contributed by atoms with Crippen molar-refractivity contribution in [2.75, 3.05) is 7.11 Å². The number of rotatable bonds is 4. The zero-order chi connectivity index (χ0) is 17.9. The molecule has 1 aromatic heterocycles. The quantitative estimate of drug-likeness (QED) is 0.507. The lowest BCUT2D eigenvalue weighted by Crippen LogP contribution is -1.97. The number of hydrogen-bond acceptors (Lipinski definition) is 4. The number of hydrogen-bond donors (Lipinski definition) is 0. The third kappa shape index (κ3) is 3.07. The van der Waals surface area contributed by atoms with E-state index in [0.29, 0.717) is 17.1 Å². The molecule has 26 heavy (non-hydrogen) atoms. The second kappa shape index (κ2) is 6.80. The number of halogens is 1. The average Bonchev–Trinajstić information content (AvgIpc) is 2.69. The zero-order valence-corrected chi connectivity index (χ0v) is 14.0. The maximum atomic E-state index is 14.0. The predicted octanol–water partition coefficient (Wildman–Crippen LogP) is 5.24. The molecule has 1 heterocycles. The SMILES string of the molecule is COc1ccc(-c2nc(Oc3ccccc3F)c3ccccc3n2)cc1. The van der Waals surface area contributed by atoms with Gasteiger partial charge in [-0.2, -0.15) is 4.98 Å². The molecule has 0 atom stereocenters. The number of aromatic nitrogens is 2. The van der Waals surface area contributed by atoms with Gasteiger partial charge in [-0.3, -0.25) is 0 Å². The fourth-order valence-electron chi connectivity index (χ4n) is 2.63. The Morgan fingerprint density at radius 3 is 2.31 bits per heavy atom. The van der Waals surface area contributed by atoms with Crippen molar-refractivity contribution >= 4 is 10.9 Å². The van der Waals surface area contributed by atoms with Crippen molar-refractivity contribution in [1.29, 1.82) is 0 Å². The molecule has 0 aliphatic heterocycles. The average molecular weight is 346 g/mol. The minimum atomic E-state index is -0.443. The lowest BCUT2D eigenvalue weighted by atomic mass is 10.2. The first-order valence-electron chi connectivity index (χ1n) is 8.08. The summed E-state index contributed by atoms with van der Waals surface area (Å²) in [4.78, 5) is 9.12. The summed E-state index contributed by atoms with van der Waals surface area (Å²) in [6.45, 7) is 0. The van der Waals surface area contributed by atoms with E-state index in [-0.39, 0.29) is 5.75 Å². The van der Waals surface area contributed by atoms with E-state index in [1.165, 1.54) is 6.07 Å². The van der Waals surface area contributed by atoms with E-state index in [2.05, 4.69) is 9.97 Å². The molecule has 0 saturated carbocycles. The molecule has 0 amide bonds. The van der Waals surface area contributed by atoms with Crippen LogP contribution in [0.5, 0.6) is 17.4 Å². The van der Waals surface area contributed by atoms with Gasteiger partial charge in [0.05, 0.1) is 18.0 Å². The van der Waals surface area contributed by atoms with Gasteiger partial charge in [-0.25, -0.2) is 9.37 Å². The topological polar surface area (TPSA) is 44.2 Å². The summed E-state index contributed by atoms with van der Waals surface area (Å²) in [7, 11) is 1.61. The second-order valence-electron chi connectivity index (χ2n) is 5.63. The fraction of sp³-hybridized carbons (Fsp3) is 0.0476. The third-order valence-electron chi connectivity index (χ3n) is 3.96. The van der Waals surface area contributed by atoms with E-state index in [0.717, 1.165) is 16.8 Å². The summed E-state index contributed by atoms with van der Waals surface area (Å²) in [5, 5.41) is 0.716. The summed E-state index contributed by atoms with van der Waals surface area (Å²) in [5.74, 6) is 1.24. The zero-order valence-electron chi connectivity index (χ0n) is 14.0. The number of nitrogens with zero attached hydrogens (tertiary/aromatic N) is 2. The van der Waals surface area contributed by atoms with Crippen molar-refractivity contribution in [2.45, 2.75) is 0 Å². The summed E-state index contributed by atoms with van der Waals surface area (Å²) >= 11 is 0.